The van der Waals surface area contributed by atoms with Gasteiger partial charge in [0.2, 0.25) is 0 Å². The minimum absolute atomic E-state index is 0.122. The van der Waals surface area contributed by atoms with Crippen LogP contribution in [-0.2, 0) is 17.8 Å². The normalized spacial score (nSPS) is 19.2. The topological polar surface area (TPSA) is 99.5 Å². The molecule has 2 saturated heterocycles. The van der Waals surface area contributed by atoms with Crippen molar-refractivity contribution in [3.8, 4) is 11.3 Å². The fourth-order valence-electron chi connectivity index (χ4n) is 4.87. The molecule has 2 aliphatic heterocycles. The highest BCUT2D eigenvalue weighted by molar-refractivity contribution is 7.15. The van der Waals surface area contributed by atoms with E-state index in [1.165, 1.54) is 30.4 Å². The summed E-state index contributed by atoms with van der Waals surface area (Å²) in [5, 5.41) is 12.0. The fraction of sp³-hybridized carbons (Fsp3) is 0.480. The Kier molecular flexibility index (Phi) is 7.66. The Morgan fingerprint density at radius 1 is 1.17 bits per heavy atom. The van der Waals surface area contributed by atoms with Crippen LogP contribution in [0.1, 0.15) is 53.0 Å². The fourth-order valence-corrected chi connectivity index (χ4v) is 6.85. The summed E-state index contributed by atoms with van der Waals surface area (Å²) >= 11 is 9.27. The number of halogens is 1. The number of Topliss-reactive ketones (excluding diaryl/α,β-unsaturated/α-hetero) is 1. The molecule has 5 heterocycles. The molecule has 0 bridgehead atoms. The number of carbonyl (C=O) groups is 2. The van der Waals surface area contributed by atoms with Gasteiger partial charge in [0.25, 0.3) is 0 Å². The number of anilines is 1. The number of hydrogen-bond donors (Lipinski definition) is 1. The van der Waals surface area contributed by atoms with Crippen LogP contribution >= 0.6 is 34.3 Å². The highest BCUT2D eigenvalue weighted by Gasteiger charge is 2.26. The van der Waals surface area contributed by atoms with E-state index in [9.17, 15) is 14.7 Å². The summed E-state index contributed by atoms with van der Waals surface area (Å²) in [4.78, 5) is 43.5. The molecule has 0 aliphatic carbocycles. The van der Waals surface area contributed by atoms with Crippen molar-refractivity contribution in [1.82, 2.24) is 19.9 Å². The first kappa shape index (κ1) is 25.3. The summed E-state index contributed by atoms with van der Waals surface area (Å²) in [6.45, 7) is 5.39. The van der Waals surface area contributed by atoms with Crippen LogP contribution in [0, 0.1) is 5.92 Å². The lowest BCUT2D eigenvalue weighted by Gasteiger charge is -2.30. The molecule has 1 N–H and O–H groups in total. The summed E-state index contributed by atoms with van der Waals surface area (Å²) in [6, 6.07) is 2.48. The zero-order chi connectivity index (χ0) is 25.2. The van der Waals surface area contributed by atoms with Gasteiger partial charge in [-0.3, -0.25) is 14.5 Å². The van der Waals surface area contributed by atoms with Crippen LogP contribution in [0.25, 0.3) is 11.3 Å². The highest BCUT2D eigenvalue weighted by atomic mass is 35.5. The molecule has 0 aromatic carbocycles. The molecule has 2 fully saturated rings. The summed E-state index contributed by atoms with van der Waals surface area (Å²) in [5.74, 6) is -0.499. The van der Waals surface area contributed by atoms with Crippen LogP contribution in [0.3, 0.4) is 0 Å². The van der Waals surface area contributed by atoms with E-state index in [0.29, 0.717) is 43.5 Å². The van der Waals surface area contributed by atoms with Gasteiger partial charge in [0.1, 0.15) is 16.5 Å². The number of likely N-dealkylation sites (tertiary alicyclic amines) is 1. The minimum Gasteiger partial charge on any atom is -0.481 e. The van der Waals surface area contributed by atoms with E-state index in [-0.39, 0.29) is 18.1 Å². The third-order valence-corrected chi connectivity index (χ3v) is 9.15. The monoisotopic (exact) mass is 545 g/mol. The van der Waals surface area contributed by atoms with Gasteiger partial charge in [-0.1, -0.05) is 11.6 Å². The number of piperidine rings is 1. The van der Waals surface area contributed by atoms with Crippen LogP contribution in [0.2, 0.25) is 4.34 Å². The number of carboxylic acid groups (broad SMARTS) is 1. The predicted octanol–water partition coefficient (Wildman–Crippen LogP) is 5.03. The molecule has 0 spiro atoms. The maximum Gasteiger partial charge on any atom is 0.306 e. The van der Waals surface area contributed by atoms with Crippen molar-refractivity contribution in [2.75, 3.05) is 24.5 Å². The molecule has 0 saturated carbocycles. The van der Waals surface area contributed by atoms with Crippen molar-refractivity contribution in [3.63, 3.8) is 0 Å². The number of carbonyl (C=O) groups excluding carboxylic acids is 1. The average Bonchev–Trinajstić information content (AvgIpc) is 3.60. The summed E-state index contributed by atoms with van der Waals surface area (Å²) in [6.07, 6.45) is 6.86. The van der Waals surface area contributed by atoms with Gasteiger partial charge in [-0.2, -0.15) is 0 Å². The van der Waals surface area contributed by atoms with Crippen molar-refractivity contribution in [2.24, 2.45) is 5.92 Å². The number of thiophene rings is 1. The van der Waals surface area contributed by atoms with Crippen LogP contribution in [0.5, 0.6) is 0 Å². The molecule has 0 unspecified atom stereocenters. The van der Waals surface area contributed by atoms with Gasteiger partial charge in [-0.05, 0) is 45.2 Å². The Morgan fingerprint density at radius 3 is 2.58 bits per heavy atom. The minimum atomic E-state index is -0.743. The van der Waals surface area contributed by atoms with E-state index in [0.717, 1.165) is 38.6 Å². The quantitative estimate of drug-likeness (QED) is 0.394. The van der Waals surface area contributed by atoms with E-state index in [1.807, 2.05) is 16.3 Å². The standard InChI is InChI=1S/C25H28ClN5O3S2/c1-15-3-2-6-31(15)13-20-24(17-9-21(26)35-14-17)29-23(36-20)10-19(32)18-11-28-22(12-27-18)30-7-4-16(5-8-30)25(33)34/h9,11-12,14-16H,2-8,10,13H2,1H3,(H,33,34)/t15-/m1/s1. The molecule has 8 nitrogen and oxygen atoms in total. The first-order valence-corrected chi connectivity index (χ1v) is 14.2. The van der Waals surface area contributed by atoms with Crippen molar-refractivity contribution >= 4 is 51.8 Å². The number of aliphatic carboxylic acids is 1. The largest absolute Gasteiger partial charge is 0.481 e. The zero-order valence-electron chi connectivity index (χ0n) is 20.0. The van der Waals surface area contributed by atoms with Crippen LogP contribution in [0.15, 0.2) is 23.8 Å². The molecular weight excluding hydrogens is 518 g/mol. The van der Waals surface area contributed by atoms with Crippen LogP contribution < -0.4 is 4.90 Å². The molecule has 1 atom stereocenters. The maximum absolute atomic E-state index is 13.0. The highest BCUT2D eigenvalue weighted by Crippen LogP contribution is 2.35. The number of aromatic nitrogens is 3. The molecule has 11 heteroatoms. The van der Waals surface area contributed by atoms with Gasteiger partial charge < -0.3 is 10.0 Å². The zero-order valence-corrected chi connectivity index (χ0v) is 22.4. The van der Waals surface area contributed by atoms with Crippen molar-refractivity contribution < 1.29 is 14.7 Å². The third-order valence-electron chi connectivity index (χ3n) is 7.02. The van der Waals surface area contributed by atoms with Crippen molar-refractivity contribution in [3.05, 3.63) is 43.8 Å². The van der Waals surface area contributed by atoms with Gasteiger partial charge in [-0.25, -0.2) is 15.0 Å². The Bertz CT molecular complexity index is 1240. The second-order valence-electron chi connectivity index (χ2n) is 9.44. The molecule has 0 amide bonds. The molecule has 0 radical (unpaired) electrons. The lowest BCUT2D eigenvalue weighted by Crippen LogP contribution is -2.36. The van der Waals surface area contributed by atoms with Gasteiger partial charge in [0.05, 0.1) is 34.8 Å². The number of hydrogen-bond acceptors (Lipinski definition) is 9. The number of rotatable bonds is 8. The van der Waals surface area contributed by atoms with Crippen molar-refractivity contribution in [2.45, 2.75) is 51.6 Å². The summed E-state index contributed by atoms with van der Waals surface area (Å²) in [7, 11) is 0. The smallest absolute Gasteiger partial charge is 0.306 e. The molecule has 5 rings (SSSR count). The second kappa shape index (κ2) is 10.9. The van der Waals surface area contributed by atoms with E-state index in [1.54, 1.807) is 17.5 Å². The average molecular weight is 546 g/mol. The Balaban J connectivity index is 1.28. The molecular formula is C25H28ClN5O3S2. The number of ketones is 1. The third kappa shape index (κ3) is 5.61. The maximum atomic E-state index is 13.0. The SMILES string of the molecule is C[C@@H]1CCCN1Cc1sc(CC(=O)c2cnc(N3CCC(C(=O)O)CC3)cn2)nc1-c1csc(Cl)c1. The predicted molar refractivity (Wildman–Crippen MR) is 142 cm³/mol. The van der Waals surface area contributed by atoms with E-state index >= 15 is 0 Å². The van der Waals surface area contributed by atoms with Crippen LogP contribution in [0.4, 0.5) is 5.82 Å². The molecule has 3 aromatic rings. The number of nitrogens with zero attached hydrogens (tertiary/aromatic N) is 5. The Hall–Kier alpha value is -2.40. The summed E-state index contributed by atoms with van der Waals surface area (Å²) in [5.41, 5.74) is 2.22. The molecule has 3 aromatic heterocycles. The van der Waals surface area contributed by atoms with E-state index in [2.05, 4.69) is 21.8 Å². The van der Waals surface area contributed by atoms with Gasteiger partial charge in [0.15, 0.2) is 5.78 Å². The van der Waals surface area contributed by atoms with Crippen LogP contribution in [-0.4, -0.2) is 62.4 Å². The number of carboxylic acids is 1. The molecule has 2 aliphatic rings. The van der Waals surface area contributed by atoms with E-state index in [4.69, 9.17) is 16.6 Å². The lowest BCUT2D eigenvalue weighted by molar-refractivity contribution is -0.142. The Labute approximate surface area is 223 Å². The van der Waals surface area contributed by atoms with E-state index < -0.39 is 5.97 Å². The Morgan fingerprint density at radius 2 is 1.97 bits per heavy atom. The van der Waals surface area contributed by atoms with Crippen molar-refractivity contribution in [1.29, 1.82) is 0 Å². The number of thiazole rings is 1. The van der Waals surface area contributed by atoms with Gasteiger partial charge in [-0.15, -0.1) is 22.7 Å². The first-order chi connectivity index (χ1) is 17.4. The lowest BCUT2D eigenvalue weighted by atomic mass is 9.97. The first-order valence-electron chi connectivity index (χ1n) is 12.2. The van der Waals surface area contributed by atoms with Gasteiger partial charge >= 0.3 is 5.97 Å². The van der Waals surface area contributed by atoms with Gasteiger partial charge in [0, 0.05) is 41.5 Å². The molecule has 36 heavy (non-hydrogen) atoms. The summed E-state index contributed by atoms with van der Waals surface area (Å²) < 4.78 is 0.721. The molecule has 190 valence electrons. The second-order valence-corrected chi connectivity index (χ2v) is 12.2.